The molecule has 0 aliphatic carbocycles. The van der Waals surface area contributed by atoms with Gasteiger partial charge in [-0.2, -0.15) is 0 Å². The van der Waals surface area contributed by atoms with Gasteiger partial charge in [-0.05, 0) is 33.0 Å². The molecule has 0 aliphatic heterocycles. The Morgan fingerprint density at radius 2 is 1.09 bits per heavy atom. The number of rotatable bonds is 17. The molecule has 0 radical (unpaired) electrons. The molecule has 0 aromatic carbocycles. The van der Waals surface area contributed by atoms with Crippen LogP contribution in [-0.2, 0) is 13.3 Å². The van der Waals surface area contributed by atoms with Gasteiger partial charge in [-0.3, -0.25) is 0 Å². The van der Waals surface area contributed by atoms with E-state index in [9.17, 15) is 0 Å². The lowest BCUT2D eigenvalue weighted by atomic mass is 10.1. The molecule has 140 valence electrons. The van der Waals surface area contributed by atoms with Crippen molar-refractivity contribution in [2.24, 2.45) is 0 Å². The summed E-state index contributed by atoms with van der Waals surface area (Å²) in [5, 5.41) is 0. The van der Waals surface area contributed by atoms with Crippen LogP contribution in [0.5, 0.6) is 0 Å². The molecule has 0 aromatic rings. The Hall–Kier alpha value is 0.0569. The Bertz CT molecular complexity index is 242. The smallest absolute Gasteiger partial charge is 0.377 e. The summed E-state index contributed by atoms with van der Waals surface area (Å²) in [5.74, 6) is 0. The van der Waals surface area contributed by atoms with E-state index < -0.39 is 8.80 Å². The first-order valence-corrected chi connectivity index (χ1v) is 11.4. The summed E-state index contributed by atoms with van der Waals surface area (Å²) < 4.78 is 16.4. The maximum absolute atomic E-state index is 5.45. The summed E-state index contributed by atoms with van der Waals surface area (Å²) in [7, 11) is 4.89. The third-order valence-corrected chi connectivity index (χ3v) is 7.43. The lowest BCUT2D eigenvalue weighted by Crippen LogP contribution is -2.43. The van der Waals surface area contributed by atoms with Gasteiger partial charge >= 0.3 is 8.80 Å². The summed E-state index contributed by atoms with van der Waals surface area (Å²) in [5.41, 5.74) is 0. The summed E-state index contributed by atoms with van der Waals surface area (Å²) >= 11 is 0. The average Bonchev–Trinajstić information content (AvgIpc) is 2.58. The van der Waals surface area contributed by atoms with E-state index in [1.54, 1.807) is 21.3 Å². The monoisotopic (exact) mass is 347 g/mol. The molecular weight excluding hydrogens is 306 g/mol. The molecule has 0 atom stereocenters. The Balaban J connectivity index is 3.48. The second-order valence-electron chi connectivity index (χ2n) is 6.53. The fourth-order valence-electron chi connectivity index (χ4n) is 2.93. The van der Waals surface area contributed by atoms with Crippen LogP contribution in [-0.4, -0.2) is 55.2 Å². The topological polar surface area (TPSA) is 30.9 Å². The highest BCUT2D eigenvalue weighted by Gasteiger charge is 2.36. The van der Waals surface area contributed by atoms with Crippen molar-refractivity contribution in [1.29, 1.82) is 0 Å². The predicted molar refractivity (Wildman–Crippen MR) is 101 cm³/mol. The lowest BCUT2D eigenvalue weighted by Gasteiger charge is -2.25. The molecule has 0 rings (SSSR count). The molecule has 5 heteroatoms. The van der Waals surface area contributed by atoms with Crippen molar-refractivity contribution in [2.75, 3.05) is 41.5 Å². The van der Waals surface area contributed by atoms with Crippen molar-refractivity contribution in [3.05, 3.63) is 0 Å². The Kier molecular flexibility index (Phi) is 15.6. The van der Waals surface area contributed by atoms with Gasteiger partial charge in [-0.1, -0.05) is 58.3 Å². The van der Waals surface area contributed by atoms with Crippen LogP contribution in [0.25, 0.3) is 0 Å². The van der Waals surface area contributed by atoms with Crippen LogP contribution in [0.4, 0.5) is 0 Å². The summed E-state index contributed by atoms with van der Waals surface area (Å²) in [4.78, 5) is 2.42. The number of hydrogen-bond donors (Lipinski definition) is 0. The van der Waals surface area contributed by atoms with Crippen LogP contribution in [0.2, 0.25) is 6.04 Å². The quantitative estimate of drug-likeness (QED) is 0.281. The average molecular weight is 348 g/mol. The van der Waals surface area contributed by atoms with E-state index >= 15 is 0 Å². The molecule has 4 nitrogen and oxygen atoms in total. The van der Waals surface area contributed by atoms with Crippen LogP contribution >= 0.6 is 0 Å². The van der Waals surface area contributed by atoms with Gasteiger partial charge in [0.25, 0.3) is 0 Å². The van der Waals surface area contributed by atoms with E-state index in [1.165, 1.54) is 64.3 Å². The molecule has 0 N–H and O–H groups in total. The molecule has 0 saturated heterocycles. The van der Waals surface area contributed by atoms with Gasteiger partial charge in [-0.25, -0.2) is 0 Å². The second kappa shape index (κ2) is 15.6. The molecule has 23 heavy (non-hydrogen) atoms. The maximum atomic E-state index is 5.45. The van der Waals surface area contributed by atoms with Crippen molar-refractivity contribution in [3.8, 4) is 0 Å². The van der Waals surface area contributed by atoms with E-state index in [1.807, 2.05) is 0 Å². The fourth-order valence-corrected chi connectivity index (χ4v) is 4.63. The largest absolute Gasteiger partial charge is 0.500 e. The molecule has 0 unspecified atom stereocenters. The zero-order valence-corrected chi connectivity index (χ0v) is 17.4. The number of unbranched alkanes of at least 4 members (excludes halogenated alkanes) is 8. The fraction of sp³-hybridized carbons (Fsp3) is 1.00. The van der Waals surface area contributed by atoms with Gasteiger partial charge in [-0.15, -0.1) is 0 Å². The third kappa shape index (κ3) is 12.1. The van der Waals surface area contributed by atoms with E-state index in [0.717, 1.165) is 19.0 Å². The summed E-state index contributed by atoms with van der Waals surface area (Å²) in [6.45, 7) is 4.55. The van der Waals surface area contributed by atoms with Gasteiger partial charge in [0.1, 0.15) is 0 Å². The minimum absolute atomic E-state index is 0.888. The van der Waals surface area contributed by atoms with Gasteiger partial charge < -0.3 is 18.2 Å². The van der Waals surface area contributed by atoms with Crippen molar-refractivity contribution < 1.29 is 13.3 Å². The Labute approximate surface area is 146 Å². The first-order chi connectivity index (χ1) is 11.1. The summed E-state index contributed by atoms with van der Waals surface area (Å²) in [6.07, 6.45) is 13.6. The SMILES string of the molecule is CCCCCCCCCCCN(C)CCC[Si](OC)(OC)OC. The number of nitrogens with zero attached hydrogens (tertiary/aromatic N) is 1. The lowest BCUT2D eigenvalue weighted by molar-refractivity contribution is 0.122. The van der Waals surface area contributed by atoms with Crippen molar-refractivity contribution in [3.63, 3.8) is 0 Å². The second-order valence-corrected chi connectivity index (χ2v) is 9.62. The minimum Gasteiger partial charge on any atom is -0.377 e. The first-order valence-electron chi connectivity index (χ1n) is 9.48. The van der Waals surface area contributed by atoms with Crippen LogP contribution in [0.3, 0.4) is 0 Å². The van der Waals surface area contributed by atoms with Crippen LogP contribution in [0.15, 0.2) is 0 Å². The highest BCUT2D eigenvalue weighted by atomic mass is 28.4. The molecular formula is C18H41NO3Si. The standard InChI is InChI=1S/C18H41NO3Si/c1-6-7-8-9-10-11-12-13-14-16-19(2)17-15-18-23(20-3,21-4)22-5/h6-18H2,1-5H3. The predicted octanol–water partition coefficient (Wildman–Crippen LogP) is 4.72. The maximum Gasteiger partial charge on any atom is 0.500 e. The van der Waals surface area contributed by atoms with Gasteiger partial charge in [0.2, 0.25) is 0 Å². The highest BCUT2D eigenvalue weighted by molar-refractivity contribution is 6.60. The van der Waals surface area contributed by atoms with E-state index in [2.05, 4.69) is 18.9 Å². The molecule has 0 heterocycles. The zero-order valence-electron chi connectivity index (χ0n) is 16.4. The normalized spacial score (nSPS) is 12.3. The van der Waals surface area contributed by atoms with Gasteiger partial charge in [0, 0.05) is 27.4 Å². The third-order valence-electron chi connectivity index (χ3n) is 4.60. The molecule has 0 spiro atoms. The first kappa shape index (κ1) is 23.1. The van der Waals surface area contributed by atoms with E-state index in [-0.39, 0.29) is 0 Å². The molecule has 0 aliphatic rings. The Morgan fingerprint density at radius 3 is 1.57 bits per heavy atom. The molecule has 0 amide bonds. The van der Waals surface area contributed by atoms with Crippen LogP contribution in [0.1, 0.15) is 71.1 Å². The van der Waals surface area contributed by atoms with E-state index in [0.29, 0.717) is 0 Å². The molecule has 0 bridgehead atoms. The van der Waals surface area contributed by atoms with Crippen LogP contribution < -0.4 is 0 Å². The Morgan fingerprint density at radius 1 is 0.652 bits per heavy atom. The van der Waals surface area contributed by atoms with Crippen molar-refractivity contribution in [2.45, 2.75) is 77.2 Å². The van der Waals surface area contributed by atoms with Crippen molar-refractivity contribution in [1.82, 2.24) is 4.90 Å². The minimum atomic E-state index is -2.37. The van der Waals surface area contributed by atoms with Gasteiger partial charge in [0.05, 0.1) is 0 Å². The molecule has 0 aromatic heterocycles. The molecule has 0 fully saturated rings. The van der Waals surface area contributed by atoms with Gasteiger partial charge in [0.15, 0.2) is 0 Å². The summed E-state index contributed by atoms with van der Waals surface area (Å²) in [6, 6.07) is 0.888. The number of hydrogen-bond acceptors (Lipinski definition) is 4. The highest BCUT2D eigenvalue weighted by Crippen LogP contribution is 2.15. The zero-order chi connectivity index (χ0) is 17.4. The molecule has 0 saturated carbocycles. The van der Waals surface area contributed by atoms with E-state index in [4.69, 9.17) is 13.3 Å². The van der Waals surface area contributed by atoms with Crippen LogP contribution in [0, 0.1) is 0 Å². The van der Waals surface area contributed by atoms with Crippen molar-refractivity contribution >= 4 is 8.80 Å².